The van der Waals surface area contributed by atoms with Crippen molar-refractivity contribution in [1.29, 1.82) is 0 Å². The average Bonchev–Trinajstić information content (AvgIpc) is 2.77. The smallest absolute Gasteiger partial charge is 0.323 e. The molecule has 6 nitrogen and oxygen atoms in total. The Hall–Kier alpha value is -1.43. The monoisotopic (exact) mass is 198 g/mol. The van der Waals surface area contributed by atoms with Gasteiger partial charge in [-0.1, -0.05) is 0 Å². The van der Waals surface area contributed by atoms with E-state index in [2.05, 4.69) is 10.6 Å². The summed E-state index contributed by atoms with van der Waals surface area (Å²) < 4.78 is 0. The van der Waals surface area contributed by atoms with Crippen LogP contribution in [-0.2, 0) is 14.4 Å². The van der Waals surface area contributed by atoms with Gasteiger partial charge in [-0.2, -0.15) is 0 Å². The maximum Gasteiger partial charge on any atom is 0.323 e. The number of rotatable bonds is 3. The van der Waals surface area contributed by atoms with Crippen LogP contribution in [0.15, 0.2) is 0 Å². The van der Waals surface area contributed by atoms with Crippen LogP contribution in [0.2, 0.25) is 0 Å². The molecule has 1 saturated heterocycles. The molecule has 0 aromatic heterocycles. The highest BCUT2D eigenvalue weighted by Crippen LogP contribution is 2.36. The summed E-state index contributed by atoms with van der Waals surface area (Å²) in [6, 6.07) is -0.680. The van der Waals surface area contributed by atoms with E-state index in [1.165, 1.54) is 0 Å². The third kappa shape index (κ3) is 1.37. The summed E-state index contributed by atoms with van der Waals surface area (Å²) >= 11 is 0. The lowest BCUT2D eigenvalue weighted by Crippen LogP contribution is -2.48. The van der Waals surface area contributed by atoms with Gasteiger partial charge in [0.15, 0.2) is 0 Å². The van der Waals surface area contributed by atoms with Crippen LogP contribution in [0.25, 0.3) is 0 Å². The summed E-state index contributed by atoms with van der Waals surface area (Å²) in [5.74, 6) is -1.74. The molecule has 0 bridgehead atoms. The zero-order chi connectivity index (χ0) is 10.3. The standard InChI is InChI=1S/C8H10N2O4/c11-5-3-4(6(12)9-5)10-8(1-2-8)7(13)14/h4,10H,1-3H2,(H,13,14)(H,9,11,12). The minimum Gasteiger partial charge on any atom is -0.480 e. The van der Waals surface area contributed by atoms with Crippen LogP contribution in [0.5, 0.6) is 0 Å². The van der Waals surface area contributed by atoms with Gasteiger partial charge in [0.05, 0.1) is 12.5 Å². The number of carbonyl (C=O) groups is 3. The first-order valence-corrected chi connectivity index (χ1v) is 4.38. The molecule has 6 heteroatoms. The van der Waals surface area contributed by atoms with Crippen LogP contribution in [0.1, 0.15) is 19.3 Å². The lowest BCUT2D eigenvalue weighted by molar-refractivity contribution is -0.141. The van der Waals surface area contributed by atoms with Crippen molar-refractivity contribution in [3.63, 3.8) is 0 Å². The lowest BCUT2D eigenvalue weighted by atomic mass is 10.2. The molecule has 3 N–H and O–H groups in total. The summed E-state index contributed by atoms with van der Waals surface area (Å²) in [4.78, 5) is 32.7. The molecule has 0 spiro atoms. The van der Waals surface area contributed by atoms with Crippen molar-refractivity contribution < 1.29 is 19.5 Å². The van der Waals surface area contributed by atoms with E-state index in [4.69, 9.17) is 5.11 Å². The molecule has 14 heavy (non-hydrogen) atoms. The number of hydrogen-bond acceptors (Lipinski definition) is 4. The maximum atomic E-state index is 11.1. The van der Waals surface area contributed by atoms with Crippen molar-refractivity contribution in [2.24, 2.45) is 0 Å². The first-order valence-electron chi connectivity index (χ1n) is 4.38. The molecule has 2 fully saturated rings. The predicted octanol–water partition coefficient (Wildman–Crippen LogP) is -1.39. The van der Waals surface area contributed by atoms with Gasteiger partial charge in [0, 0.05) is 0 Å². The number of amides is 2. The fraction of sp³-hybridized carbons (Fsp3) is 0.625. The third-order valence-electron chi connectivity index (χ3n) is 2.58. The number of carbonyl (C=O) groups excluding carboxylic acids is 2. The van der Waals surface area contributed by atoms with Crippen molar-refractivity contribution in [3.05, 3.63) is 0 Å². The summed E-state index contributed by atoms with van der Waals surface area (Å²) in [6.07, 6.45) is 1.06. The summed E-state index contributed by atoms with van der Waals surface area (Å²) in [5.41, 5.74) is -0.966. The van der Waals surface area contributed by atoms with E-state index in [0.29, 0.717) is 12.8 Å². The Labute approximate surface area is 79.7 Å². The number of aliphatic carboxylic acids is 1. The molecule has 76 valence electrons. The van der Waals surface area contributed by atoms with Gasteiger partial charge in [-0.05, 0) is 12.8 Å². The van der Waals surface area contributed by atoms with E-state index in [1.54, 1.807) is 0 Å². The van der Waals surface area contributed by atoms with Gasteiger partial charge in [0.2, 0.25) is 11.8 Å². The molecule has 0 radical (unpaired) electrons. The molecule has 1 atom stereocenters. The molecular weight excluding hydrogens is 188 g/mol. The van der Waals surface area contributed by atoms with E-state index >= 15 is 0 Å². The number of hydrogen-bond donors (Lipinski definition) is 3. The second-order valence-electron chi connectivity index (χ2n) is 3.70. The van der Waals surface area contributed by atoms with E-state index in [-0.39, 0.29) is 12.3 Å². The molecule has 1 aliphatic heterocycles. The Balaban J connectivity index is 2.02. The van der Waals surface area contributed by atoms with E-state index in [9.17, 15) is 14.4 Å². The predicted molar refractivity (Wildman–Crippen MR) is 44.3 cm³/mol. The second kappa shape index (κ2) is 2.78. The zero-order valence-electron chi connectivity index (χ0n) is 7.37. The minimum absolute atomic E-state index is 0.0356. The third-order valence-corrected chi connectivity index (χ3v) is 2.58. The molecule has 0 aromatic carbocycles. The van der Waals surface area contributed by atoms with Crippen LogP contribution in [0.4, 0.5) is 0 Å². The average molecular weight is 198 g/mol. The Morgan fingerprint density at radius 1 is 1.50 bits per heavy atom. The van der Waals surface area contributed by atoms with Crippen LogP contribution in [0, 0.1) is 0 Å². The highest BCUT2D eigenvalue weighted by atomic mass is 16.4. The Kier molecular flexibility index (Phi) is 1.81. The number of imide groups is 1. The van der Waals surface area contributed by atoms with Crippen LogP contribution in [-0.4, -0.2) is 34.5 Å². The maximum absolute atomic E-state index is 11.1. The van der Waals surface area contributed by atoms with Crippen LogP contribution in [0.3, 0.4) is 0 Å². The van der Waals surface area contributed by atoms with Gasteiger partial charge < -0.3 is 5.11 Å². The van der Waals surface area contributed by atoms with Crippen molar-refractivity contribution >= 4 is 17.8 Å². The molecule has 2 rings (SSSR count). The molecule has 1 aliphatic carbocycles. The van der Waals surface area contributed by atoms with Crippen LogP contribution < -0.4 is 10.6 Å². The number of nitrogens with one attached hydrogen (secondary N) is 2. The van der Waals surface area contributed by atoms with Gasteiger partial charge in [0.1, 0.15) is 5.54 Å². The Morgan fingerprint density at radius 3 is 2.50 bits per heavy atom. The minimum atomic E-state index is -0.966. The summed E-state index contributed by atoms with van der Waals surface area (Å²) in [6.45, 7) is 0. The Morgan fingerprint density at radius 2 is 2.14 bits per heavy atom. The summed E-state index contributed by atoms with van der Waals surface area (Å²) in [7, 11) is 0. The van der Waals surface area contributed by atoms with Crippen molar-refractivity contribution in [3.8, 4) is 0 Å². The topological polar surface area (TPSA) is 95.5 Å². The van der Waals surface area contributed by atoms with Gasteiger partial charge in [0.25, 0.3) is 0 Å². The first-order chi connectivity index (χ1) is 6.53. The Bertz CT molecular complexity index is 321. The number of carboxylic acid groups (broad SMARTS) is 1. The molecule has 2 aliphatic rings. The van der Waals surface area contributed by atoms with Gasteiger partial charge >= 0.3 is 5.97 Å². The second-order valence-corrected chi connectivity index (χ2v) is 3.70. The fourth-order valence-electron chi connectivity index (χ4n) is 1.55. The summed E-state index contributed by atoms with van der Waals surface area (Å²) in [5, 5.41) is 13.7. The fourth-order valence-corrected chi connectivity index (χ4v) is 1.55. The first kappa shape index (κ1) is 9.14. The molecule has 1 saturated carbocycles. The zero-order valence-corrected chi connectivity index (χ0v) is 7.37. The largest absolute Gasteiger partial charge is 0.480 e. The van der Waals surface area contributed by atoms with Gasteiger partial charge in [-0.3, -0.25) is 25.0 Å². The molecule has 1 unspecified atom stereocenters. The molecule has 1 heterocycles. The van der Waals surface area contributed by atoms with Gasteiger partial charge in [-0.25, -0.2) is 0 Å². The van der Waals surface area contributed by atoms with Gasteiger partial charge in [-0.15, -0.1) is 0 Å². The highest BCUT2D eigenvalue weighted by molar-refractivity contribution is 6.05. The number of carboxylic acids is 1. The van der Waals surface area contributed by atoms with Crippen molar-refractivity contribution in [2.45, 2.75) is 30.8 Å². The molecular formula is C8H10N2O4. The van der Waals surface area contributed by atoms with Crippen molar-refractivity contribution in [1.82, 2.24) is 10.6 Å². The normalized spacial score (nSPS) is 28.7. The SMILES string of the molecule is O=C1CC(NC2(C(=O)O)CC2)C(=O)N1. The molecule has 2 amide bonds. The van der Waals surface area contributed by atoms with E-state index < -0.39 is 23.5 Å². The molecule has 0 aromatic rings. The van der Waals surface area contributed by atoms with Crippen LogP contribution >= 0.6 is 0 Å². The highest BCUT2D eigenvalue weighted by Gasteiger charge is 2.53. The van der Waals surface area contributed by atoms with E-state index in [0.717, 1.165) is 0 Å². The van der Waals surface area contributed by atoms with E-state index in [1.807, 2.05) is 0 Å². The van der Waals surface area contributed by atoms with Crippen molar-refractivity contribution in [2.75, 3.05) is 0 Å². The lowest BCUT2D eigenvalue weighted by Gasteiger charge is -2.15. The quantitative estimate of drug-likeness (QED) is 0.485.